The summed E-state index contributed by atoms with van der Waals surface area (Å²) in [6, 6.07) is 13.3. The molecule has 0 saturated heterocycles. The van der Waals surface area contributed by atoms with Crippen LogP contribution in [-0.2, 0) is 5.41 Å². The average Bonchev–Trinajstić information content (AvgIpc) is 2.90. The van der Waals surface area contributed by atoms with Crippen LogP contribution in [0, 0.1) is 26.2 Å². The first-order chi connectivity index (χ1) is 20.0. The zero-order valence-electron chi connectivity index (χ0n) is 29.0. The van der Waals surface area contributed by atoms with Gasteiger partial charge in [0, 0.05) is 16.9 Å². The largest absolute Gasteiger partial charge is 0.325 e. The lowest BCUT2D eigenvalue weighted by atomic mass is 9.63. The maximum absolute atomic E-state index is 6.50. The average molecular weight is 574 g/mol. The maximum atomic E-state index is 6.50. The normalized spacial score (nSPS) is 14.1. The molecule has 1 atom stereocenters. The van der Waals surface area contributed by atoms with Crippen LogP contribution < -0.4 is 5.73 Å². The lowest BCUT2D eigenvalue weighted by molar-refractivity contribution is 0.613. The van der Waals surface area contributed by atoms with Crippen LogP contribution in [0.1, 0.15) is 88.8 Å². The molecule has 0 radical (unpaired) electrons. The van der Waals surface area contributed by atoms with Gasteiger partial charge in [-0.2, -0.15) is 0 Å². The summed E-state index contributed by atoms with van der Waals surface area (Å²) in [5.74, 6) is 0. The van der Waals surface area contributed by atoms with Crippen molar-refractivity contribution in [2.45, 2.75) is 93.9 Å². The Morgan fingerprint density at radius 3 is 2.14 bits per heavy atom. The van der Waals surface area contributed by atoms with E-state index in [1.54, 1.807) is 0 Å². The Morgan fingerprint density at radius 2 is 1.56 bits per heavy atom. The number of allylic oxidation sites excluding steroid dienone is 11. The summed E-state index contributed by atoms with van der Waals surface area (Å²) in [7, 11) is 0.908. The summed E-state index contributed by atoms with van der Waals surface area (Å²) >= 11 is 0. The number of aryl methyl sites for hydroxylation is 2. The van der Waals surface area contributed by atoms with E-state index in [9.17, 15) is 0 Å². The first-order valence-corrected chi connectivity index (χ1v) is 15.7. The SMILES string of the molecule is C=C/C=C\CB/C(=C/C=C(\c1c(C)ccc(C(C)(C)c2ccccc2C)c1C)C(C)(C)C(=C)/C=C(/C)C=C(C)C)C(C)N. The lowest BCUT2D eigenvalue weighted by Crippen LogP contribution is -2.24. The first-order valence-electron chi connectivity index (χ1n) is 15.7. The molecule has 2 aromatic rings. The van der Waals surface area contributed by atoms with Crippen molar-refractivity contribution >= 4 is 12.9 Å². The van der Waals surface area contributed by atoms with E-state index in [1.165, 1.54) is 55.6 Å². The number of hydrogen-bond donors (Lipinski definition) is 1. The van der Waals surface area contributed by atoms with E-state index in [0.717, 1.165) is 19.2 Å². The minimum atomic E-state index is -0.333. The Hall–Kier alpha value is -3.36. The van der Waals surface area contributed by atoms with E-state index in [2.05, 4.69) is 156 Å². The topological polar surface area (TPSA) is 26.0 Å². The molecule has 0 aromatic heterocycles. The van der Waals surface area contributed by atoms with E-state index < -0.39 is 0 Å². The molecule has 0 amide bonds. The van der Waals surface area contributed by atoms with Gasteiger partial charge in [-0.25, -0.2) is 0 Å². The minimum absolute atomic E-state index is 0.0331. The highest BCUT2D eigenvalue weighted by Crippen LogP contribution is 2.46. The maximum Gasteiger partial charge on any atom is 0.158 e. The van der Waals surface area contributed by atoms with E-state index in [0.29, 0.717) is 0 Å². The van der Waals surface area contributed by atoms with Gasteiger partial charge in [-0.3, -0.25) is 0 Å². The van der Waals surface area contributed by atoms with E-state index >= 15 is 0 Å². The standard InChI is InChI=1S/C41H56BN/c1-14-15-18-25-42-38(34(9)43)24-23-37(40(10,11)32(7)27-29(4)26-28(2)3)39-31(6)21-22-36(33(39)8)41(12,13)35-20-17-16-19-30(35)5/h14-24,26-27,34,42H,1,7,25,43H2,2-6,8-13H3/b18-15-,29-27-,37-23+,38-24+. The van der Waals surface area contributed by atoms with Gasteiger partial charge in [0.15, 0.2) is 7.28 Å². The van der Waals surface area contributed by atoms with Gasteiger partial charge in [0.1, 0.15) is 0 Å². The van der Waals surface area contributed by atoms with Crippen LogP contribution in [0.15, 0.2) is 114 Å². The zero-order valence-corrected chi connectivity index (χ0v) is 29.0. The third-order valence-electron chi connectivity index (χ3n) is 8.75. The lowest BCUT2D eigenvalue weighted by Gasteiger charge is -2.35. The predicted molar refractivity (Wildman–Crippen MR) is 196 cm³/mol. The first kappa shape index (κ1) is 35.8. The molecule has 0 aliphatic carbocycles. The fourth-order valence-electron chi connectivity index (χ4n) is 6.18. The molecule has 2 aromatic carbocycles. The van der Waals surface area contributed by atoms with E-state index in [1.807, 2.05) is 12.2 Å². The van der Waals surface area contributed by atoms with Crippen LogP contribution in [0.5, 0.6) is 0 Å². The van der Waals surface area contributed by atoms with Crippen molar-refractivity contribution in [1.29, 1.82) is 0 Å². The van der Waals surface area contributed by atoms with Crippen molar-refractivity contribution in [3.63, 3.8) is 0 Å². The highest BCUT2D eigenvalue weighted by Gasteiger charge is 2.32. The molecule has 1 unspecified atom stereocenters. The zero-order chi connectivity index (χ0) is 32.5. The van der Waals surface area contributed by atoms with Crippen LogP contribution >= 0.6 is 0 Å². The molecule has 0 fully saturated rings. The molecule has 2 heteroatoms. The highest BCUT2D eigenvalue weighted by atomic mass is 14.6. The van der Waals surface area contributed by atoms with Gasteiger partial charge in [-0.15, -0.1) is 0 Å². The molecule has 0 bridgehead atoms. The van der Waals surface area contributed by atoms with Crippen molar-refractivity contribution in [2.75, 3.05) is 0 Å². The number of benzene rings is 2. The fraction of sp³-hybridized carbons (Fsp3) is 0.366. The van der Waals surface area contributed by atoms with Gasteiger partial charge in [0.25, 0.3) is 0 Å². The second-order valence-electron chi connectivity index (χ2n) is 13.4. The summed E-state index contributed by atoms with van der Waals surface area (Å²) in [4.78, 5) is 0. The Labute approximate surface area is 265 Å². The fourth-order valence-corrected chi connectivity index (χ4v) is 6.18. The molecule has 0 saturated carbocycles. The minimum Gasteiger partial charge on any atom is -0.325 e. The van der Waals surface area contributed by atoms with Gasteiger partial charge in [-0.05, 0) is 93.0 Å². The van der Waals surface area contributed by atoms with E-state index in [4.69, 9.17) is 5.73 Å². The monoisotopic (exact) mass is 573 g/mol. The summed E-state index contributed by atoms with van der Waals surface area (Å²) in [5.41, 5.74) is 20.0. The summed E-state index contributed by atoms with van der Waals surface area (Å²) in [6.45, 7) is 33.0. The van der Waals surface area contributed by atoms with Gasteiger partial charge in [0.05, 0.1) is 0 Å². The Balaban J connectivity index is 2.89. The van der Waals surface area contributed by atoms with Gasteiger partial charge < -0.3 is 5.73 Å². The molecule has 2 N–H and O–H groups in total. The number of nitrogens with two attached hydrogens (primary N) is 1. The van der Waals surface area contributed by atoms with Crippen LogP contribution in [0.25, 0.3) is 5.57 Å². The molecular weight excluding hydrogens is 517 g/mol. The van der Waals surface area contributed by atoms with Gasteiger partial charge >= 0.3 is 0 Å². The Morgan fingerprint density at radius 1 is 0.907 bits per heavy atom. The smallest absolute Gasteiger partial charge is 0.158 e. The quantitative estimate of drug-likeness (QED) is 0.187. The molecule has 43 heavy (non-hydrogen) atoms. The number of hydrogen-bond acceptors (Lipinski definition) is 1. The third kappa shape index (κ3) is 9.07. The van der Waals surface area contributed by atoms with Crippen molar-refractivity contribution in [2.24, 2.45) is 11.1 Å². The summed E-state index contributed by atoms with van der Waals surface area (Å²) < 4.78 is 0. The van der Waals surface area contributed by atoms with Crippen LogP contribution in [0.4, 0.5) is 0 Å². The van der Waals surface area contributed by atoms with Gasteiger partial charge in [-0.1, -0.05) is 143 Å². The highest BCUT2D eigenvalue weighted by molar-refractivity contribution is 6.46. The van der Waals surface area contributed by atoms with Crippen molar-refractivity contribution < 1.29 is 0 Å². The molecule has 0 heterocycles. The summed E-state index contributed by atoms with van der Waals surface area (Å²) in [6.07, 6.45) is 16.0. The second-order valence-corrected chi connectivity index (χ2v) is 13.4. The second kappa shape index (κ2) is 15.4. The van der Waals surface area contributed by atoms with Crippen LogP contribution in [-0.4, -0.2) is 13.3 Å². The Bertz CT molecular complexity index is 1460. The van der Waals surface area contributed by atoms with Crippen molar-refractivity contribution in [1.82, 2.24) is 0 Å². The molecule has 228 valence electrons. The Kier molecular flexibility index (Phi) is 12.8. The molecular formula is C41H56BN. The van der Waals surface area contributed by atoms with Crippen molar-refractivity contribution in [3.05, 3.63) is 148 Å². The number of rotatable bonds is 13. The van der Waals surface area contributed by atoms with Gasteiger partial charge in [0.2, 0.25) is 0 Å². The molecule has 0 aliphatic rings. The summed E-state index contributed by atoms with van der Waals surface area (Å²) in [5, 5.41) is 0. The van der Waals surface area contributed by atoms with Crippen molar-refractivity contribution in [3.8, 4) is 0 Å². The molecule has 2 rings (SSSR count). The third-order valence-corrected chi connectivity index (χ3v) is 8.75. The molecule has 1 nitrogen and oxygen atoms in total. The molecule has 0 aliphatic heterocycles. The molecule has 0 spiro atoms. The van der Waals surface area contributed by atoms with Crippen LogP contribution in [0.3, 0.4) is 0 Å². The van der Waals surface area contributed by atoms with Crippen LogP contribution in [0.2, 0.25) is 6.32 Å². The van der Waals surface area contributed by atoms with E-state index in [-0.39, 0.29) is 16.9 Å². The predicted octanol–water partition coefficient (Wildman–Crippen LogP) is 10.6.